The second-order valence-electron chi connectivity index (χ2n) is 3.20. The van der Waals surface area contributed by atoms with Crippen LogP contribution in [0.2, 0.25) is 0 Å². The van der Waals surface area contributed by atoms with E-state index in [4.69, 9.17) is 10.3 Å². The zero-order chi connectivity index (χ0) is 10.8. The fourth-order valence-electron chi connectivity index (χ4n) is 1.47. The summed E-state index contributed by atoms with van der Waals surface area (Å²) in [6.07, 6.45) is 5.29. The quantitative estimate of drug-likeness (QED) is 0.652. The Morgan fingerprint density at radius 1 is 1.67 bits per heavy atom. The Bertz CT molecular complexity index is 450. The monoisotopic (exact) mass is 270 g/mol. The van der Waals surface area contributed by atoms with Gasteiger partial charge in [-0.05, 0) is 22.0 Å². The highest BCUT2D eigenvalue weighted by molar-refractivity contribution is 9.10. The van der Waals surface area contributed by atoms with Gasteiger partial charge < -0.3 is 4.42 Å². The molecule has 15 heavy (non-hydrogen) atoms. The smallest absolute Gasteiger partial charge is 0.174 e. The van der Waals surface area contributed by atoms with Crippen molar-refractivity contribution in [2.45, 2.75) is 6.04 Å². The summed E-state index contributed by atoms with van der Waals surface area (Å²) in [6, 6.07) is 1.74. The number of hydrazine groups is 1. The van der Waals surface area contributed by atoms with E-state index >= 15 is 0 Å². The third kappa shape index (κ3) is 1.97. The molecule has 0 aromatic carbocycles. The number of hydrogen-bond donors (Lipinski definition) is 2. The van der Waals surface area contributed by atoms with Crippen molar-refractivity contribution >= 4 is 15.9 Å². The molecule has 0 radical (unpaired) electrons. The van der Waals surface area contributed by atoms with E-state index in [0.717, 1.165) is 11.1 Å². The van der Waals surface area contributed by atoms with Gasteiger partial charge in [-0.15, -0.1) is 0 Å². The summed E-state index contributed by atoms with van der Waals surface area (Å²) in [4.78, 5) is 0. The van der Waals surface area contributed by atoms with E-state index in [2.05, 4.69) is 26.5 Å². The number of furan rings is 1. The van der Waals surface area contributed by atoms with Crippen LogP contribution in [0.25, 0.3) is 0 Å². The van der Waals surface area contributed by atoms with Crippen LogP contribution in [0.4, 0.5) is 0 Å². The Morgan fingerprint density at radius 3 is 2.93 bits per heavy atom. The highest BCUT2D eigenvalue weighted by atomic mass is 79.9. The van der Waals surface area contributed by atoms with Gasteiger partial charge >= 0.3 is 0 Å². The summed E-state index contributed by atoms with van der Waals surface area (Å²) in [5, 5.41) is 4.10. The minimum Gasteiger partial charge on any atom is -0.457 e. The molecule has 2 aromatic heterocycles. The molecule has 0 bridgehead atoms. The molecule has 6 heteroatoms. The maximum absolute atomic E-state index is 5.52. The van der Waals surface area contributed by atoms with E-state index in [1.54, 1.807) is 17.1 Å². The maximum atomic E-state index is 5.52. The van der Waals surface area contributed by atoms with Crippen molar-refractivity contribution in [1.29, 1.82) is 0 Å². The lowest BCUT2D eigenvalue weighted by atomic mass is 10.1. The van der Waals surface area contributed by atoms with Crippen LogP contribution in [0.5, 0.6) is 0 Å². The third-order valence-corrected chi connectivity index (χ3v) is 2.83. The first-order valence-electron chi connectivity index (χ1n) is 4.40. The van der Waals surface area contributed by atoms with E-state index < -0.39 is 0 Å². The molecule has 1 atom stereocenters. The van der Waals surface area contributed by atoms with Crippen molar-refractivity contribution in [2.24, 2.45) is 12.9 Å². The first kappa shape index (κ1) is 10.4. The zero-order valence-electron chi connectivity index (χ0n) is 8.14. The summed E-state index contributed by atoms with van der Waals surface area (Å²) < 4.78 is 7.57. The number of nitrogens with one attached hydrogen (secondary N) is 1. The molecule has 1 unspecified atom stereocenters. The Morgan fingerprint density at radius 2 is 2.47 bits per heavy atom. The molecule has 0 spiro atoms. The van der Waals surface area contributed by atoms with Crippen LogP contribution in [0.3, 0.4) is 0 Å². The van der Waals surface area contributed by atoms with Crippen molar-refractivity contribution < 1.29 is 4.42 Å². The number of nitrogens with zero attached hydrogens (tertiary/aromatic N) is 2. The summed E-state index contributed by atoms with van der Waals surface area (Å²) in [5.74, 6) is 5.52. The highest BCUT2D eigenvalue weighted by Gasteiger charge is 2.18. The van der Waals surface area contributed by atoms with Gasteiger partial charge in [0, 0.05) is 24.4 Å². The summed E-state index contributed by atoms with van der Waals surface area (Å²) in [5.41, 5.74) is 4.67. The number of rotatable bonds is 3. The normalized spacial score (nSPS) is 13.0. The lowest BCUT2D eigenvalue weighted by Gasteiger charge is -2.12. The highest BCUT2D eigenvalue weighted by Crippen LogP contribution is 2.28. The third-order valence-electron chi connectivity index (χ3n) is 2.18. The van der Waals surface area contributed by atoms with Crippen molar-refractivity contribution in [2.75, 3.05) is 0 Å². The first-order valence-corrected chi connectivity index (χ1v) is 5.19. The molecule has 2 aromatic rings. The van der Waals surface area contributed by atoms with E-state index in [0.29, 0.717) is 4.67 Å². The van der Waals surface area contributed by atoms with Gasteiger partial charge in [-0.25, -0.2) is 5.43 Å². The van der Waals surface area contributed by atoms with Crippen molar-refractivity contribution in [3.63, 3.8) is 0 Å². The van der Waals surface area contributed by atoms with E-state index in [-0.39, 0.29) is 6.04 Å². The lowest BCUT2D eigenvalue weighted by Crippen LogP contribution is -2.28. The number of halogens is 1. The Labute approximate surface area is 95.3 Å². The SMILES string of the molecule is Cn1cc(C(NN)c2ccoc2Br)cn1. The van der Waals surface area contributed by atoms with E-state index in [9.17, 15) is 0 Å². The number of aromatic nitrogens is 2. The van der Waals surface area contributed by atoms with Crippen LogP contribution in [-0.2, 0) is 7.05 Å². The molecule has 0 amide bonds. The summed E-state index contributed by atoms with van der Waals surface area (Å²) >= 11 is 3.32. The van der Waals surface area contributed by atoms with Gasteiger partial charge in [-0.2, -0.15) is 5.10 Å². The van der Waals surface area contributed by atoms with Crippen LogP contribution < -0.4 is 11.3 Å². The maximum Gasteiger partial charge on any atom is 0.174 e. The van der Waals surface area contributed by atoms with Gasteiger partial charge in [-0.1, -0.05) is 0 Å². The van der Waals surface area contributed by atoms with Crippen LogP contribution >= 0.6 is 15.9 Å². The minimum absolute atomic E-state index is 0.119. The van der Waals surface area contributed by atoms with Gasteiger partial charge in [0.25, 0.3) is 0 Å². The number of nitrogens with two attached hydrogens (primary N) is 1. The molecule has 80 valence electrons. The Kier molecular flexibility index (Phi) is 2.90. The standard InChI is InChI=1S/C9H11BrN4O/c1-14-5-6(4-12-14)8(13-11)7-2-3-15-9(7)10/h2-5,8,13H,11H2,1H3. The molecule has 0 saturated carbocycles. The molecule has 3 N–H and O–H groups in total. The Hall–Kier alpha value is -1.11. The van der Waals surface area contributed by atoms with Gasteiger partial charge in [0.1, 0.15) is 0 Å². The molecule has 2 rings (SSSR count). The molecule has 5 nitrogen and oxygen atoms in total. The fraction of sp³-hybridized carbons (Fsp3) is 0.222. The second-order valence-corrected chi connectivity index (χ2v) is 3.92. The van der Waals surface area contributed by atoms with Crippen molar-refractivity contribution in [3.05, 3.63) is 40.5 Å². The molecule has 2 heterocycles. The van der Waals surface area contributed by atoms with Gasteiger partial charge in [0.05, 0.1) is 18.5 Å². The molecule has 0 aliphatic rings. The summed E-state index contributed by atoms with van der Waals surface area (Å²) in [6.45, 7) is 0. The first-order chi connectivity index (χ1) is 7.22. The lowest BCUT2D eigenvalue weighted by molar-refractivity contribution is 0.526. The number of hydrogen-bond acceptors (Lipinski definition) is 4. The van der Waals surface area contributed by atoms with Crippen LogP contribution in [0.15, 0.2) is 33.8 Å². The second kappa shape index (κ2) is 4.18. The fourth-order valence-corrected chi connectivity index (χ4v) is 1.93. The van der Waals surface area contributed by atoms with Gasteiger partial charge in [0.15, 0.2) is 4.67 Å². The summed E-state index contributed by atoms with van der Waals surface area (Å²) in [7, 11) is 1.86. The minimum atomic E-state index is -0.119. The van der Waals surface area contributed by atoms with Crippen LogP contribution in [-0.4, -0.2) is 9.78 Å². The molecule has 0 aliphatic heterocycles. The van der Waals surface area contributed by atoms with E-state index in [1.807, 2.05) is 19.3 Å². The number of aryl methyl sites for hydroxylation is 1. The molecule has 0 fully saturated rings. The van der Waals surface area contributed by atoms with E-state index in [1.165, 1.54) is 0 Å². The average molecular weight is 271 g/mol. The Balaban J connectivity index is 2.36. The average Bonchev–Trinajstić information content (AvgIpc) is 2.79. The van der Waals surface area contributed by atoms with Crippen molar-refractivity contribution in [3.8, 4) is 0 Å². The van der Waals surface area contributed by atoms with Crippen LogP contribution in [0.1, 0.15) is 17.2 Å². The largest absolute Gasteiger partial charge is 0.457 e. The van der Waals surface area contributed by atoms with Gasteiger partial charge in [-0.3, -0.25) is 10.5 Å². The van der Waals surface area contributed by atoms with Gasteiger partial charge in [0.2, 0.25) is 0 Å². The molecule has 0 saturated heterocycles. The molecule has 0 aliphatic carbocycles. The predicted octanol–water partition coefficient (Wildman–Crippen LogP) is 1.33. The molecular weight excluding hydrogens is 260 g/mol. The van der Waals surface area contributed by atoms with Crippen molar-refractivity contribution in [1.82, 2.24) is 15.2 Å². The topological polar surface area (TPSA) is 69.0 Å². The zero-order valence-corrected chi connectivity index (χ0v) is 9.73. The van der Waals surface area contributed by atoms with Crippen LogP contribution in [0, 0.1) is 0 Å². The predicted molar refractivity (Wildman–Crippen MR) is 58.8 cm³/mol. The molecular formula is C9H11BrN4O.